The summed E-state index contributed by atoms with van der Waals surface area (Å²) < 4.78 is 5.71. The van der Waals surface area contributed by atoms with E-state index in [4.69, 9.17) is 4.74 Å². The maximum Gasteiger partial charge on any atom is 0.252 e. The van der Waals surface area contributed by atoms with E-state index in [2.05, 4.69) is 82.3 Å². The van der Waals surface area contributed by atoms with Crippen LogP contribution >= 0.6 is 0 Å². The van der Waals surface area contributed by atoms with E-state index in [0.717, 1.165) is 75.6 Å². The maximum atomic E-state index is 12.6. The largest absolute Gasteiger partial charge is 0.381 e. The van der Waals surface area contributed by atoms with Crippen LogP contribution in [0.4, 0.5) is 5.69 Å². The molecule has 7 nitrogen and oxygen atoms in total. The van der Waals surface area contributed by atoms with Crippen molar-refractivity contribution in [2.24, 2.45) is 0 Å². The van der Waals surface area contributed by atoms with Gasteiger partial charge < -0.3 is 24.8 Å². The van der Waals surface area contributed by atoms with Crippen molar-refractivity contribution in [1.82, 2.24) is 20.1 Å². The zero-order valence-electron chi connectivity index (χ0n) is 27.0. The predicted octanol–water partition coefficient (Wildman–Crippen LogP) is 5.40. The molecule has 2 fully saturated rings. The van der Waals surface area contributed by atoms with Gasteiger partial charge in [0, 0.05) is 75.5 Å². The lowest BCUT2D eigenvalue weighted by atomic mass is 9.95. The van der Waals surface area contributed by atoms with Crippen LogP contribution in [0.1, 0.15) is 59.7 Å². The quantitative estimate of drug-likeness (QED) is 0.332. The van der Waals surface area contributed by atoms with Gasteiger partial charge in [-0.1, -0.05) is 24.3 Å². The minimum absolute atomic E-state index is 0.000114. The van der Waals surface area contributed by atoms with Crippen molar-refractivity contribution in [2.45, 2.75) is 72.6 Å². The summed E-state index contributed by atoms with van der Waals surface area (Å²) in [6, 6.07) is 16.5. The molecule has 232 valence electrons. The smallest absolute Gasteiger partial charge is 0.252 e. The van der Waals surface area contributed by atoms with Crippen molar-refractivity contribution < 1.29 is 4.74 Å². The van der Waals surface area contributed by atoms with Gasteiger partial charge in [-0.25, -0.2) is 0 Å². The van der Waals surface area contributed by atoms with Gasteiger partial charge in [0.25, 0.3) is 5.56 Å². The Morgan fingerprint density at radius 2 is 1.72 bits per heavy atom. The van der Waals surface area contributed by atoms with Gasteiger partial charge in [0.1, 0.15) is 0 Å². The summed E-state index contributed by atoms with van der Waals surface area (Å²) in [6.07, 6.45) is 3.35. The molecule has 0 radical (unpaired) electrons. The number of nitrogens with zero attached hydrogens (tertiary/aromatic N) is 3. The van der Waals surface area contributed by atoms with E-state index in [-0.39, 0.29) is 5.56 Å². The molecule has 7 heteroatoms. The average Bonchev–Trinajstić information content (AvgIpc) is 3.20. The highest BCUT2D eigenvalue weighted by Crippen LogP contribution is 2.34. The number of likely N-dealkylation sites (N-methyl/N-ethyl adjacent to an activating group) is 1. The summed E-state index contributed by atoms with van der Waals surface area (Å²) >= 11 is 0. The van der Waals surface area contributed by atoms with E-state index in [1.807, 2.05) is 19.9 Å². The number of aryl methyl sites for hydroxylation is 2. The van der Waals surface area contributed by atoms with Crippen LogP contribution in [-0.4, -0.2) is 73.8 Å². The highest BCUT2D eigenvalue weighted by Gasteiger charge is 2.23. The molecule has 0 saturated carbocycles. The number of aromatic nitrogens is 1. The van der Waals surface area contributed by atoms with Gasteiger partial charge in [0.2, 0.25) is 0 Å². The van der Waals surface area contributed by atoms with Crippen molar-refractivity contribution in [1.29, 1.82) is 0 Å². The number of benzene rings is 2. The number of anilines is 1. The number of ether oxygens (including phenoxy) is 1. The second-order valence-electron chi connectivity index (χ2n) is 12.6. The van der Waals surface area contributed by atoms with Gasteiger partial charge in [0.15, 0.2) is 0 Å². The average molecular weight is 586 g/mol. The van der Waals surface area contributed by atoms with Crippen LogP contribution in [0.3, 0.4) is 0 Å². The molecule has 3 aromatic rings. The zero-order valence-corrected chi connectivity index (χ0v) is 27.0. The molecule has 0 amide bonds. The van der Waals surface area contributed by atoms with Crippen molar-refractivity contribution in [3.05, 3.63) is 86.3 Å². The molecule has 0 bridgehead atoms. The maximum absolute atomic E-state index is 12.6. The van der Waals surface area contributed by atoms with Crippen molar-refractivity contribution >= 4 is 5.69 Å². The summed E-state index contributed by atoms with van der Waals surface area (Å²) in [5, 5.41) is 3.60. The molecule has 3 heterocycles. The third kappa shape index (κ3) is 7.95. The lowest BCUT2D eigenvalue weighted by Crippen LogP contribution is -2.40. The minimum Gasteiger partial charge on any atom is -0.381 e. The topological polar surface area (TPSA) is 63.8 Å². The molecular weight excluding hydrogens is 534 g/mol. The van der Waals surface area contributed by atoms with Gasteiger partial charge in [-0.15, -0.1) is 0 Å². The number of aromatic amines is 1. The van der Waals surface area contributed by atoms with E-state index < -0.39 is 0 Å². The summed E-state index contributed by atoms with van der Waals surface area (Å²) in [6.45, 7) is 18.0. The highest BCUT2D eigenvalue weighted by atomic mass is 16.5. The van der Waals surface area contributed by atoms with Crippen LogP contribution in [0.2, 0.25) is 0 Å². The first-order valence-corrected chi connectivity index (χ1v) is 16.2. The monoisotopic (exact) mass is 585 g/mol. The summed E-state index contributed by atoms with van der Waals surface area (Å²) in [5.74, 6) is 0. The molecule has 2 aliphatic heterocycles. The Hall–Kier alpha value is -2.97. The molecule has 0 spiro atoms. The Morgan fingerprint density at radius 1 is 0.953 bits per heavy atom. The molecule has 43 heavy (non-hydrogen) atoms. The number of pyridine rings is 1. The normalized spacial score (nSPS) is 17.2. The molecule has 0 atom stereocenters. The summed E-state index contributed by atoms with van der Waals surface area (Å²) in [5.41, 5.74) is 10.5. The third-order valence-corrected chi connectivity index (χ3v) is 9.39. The Morgan fingerprint density at radius 3 is 2.44 bits per heavy atom. The van der Waals surface area contributed by atoms with E-state index in [1.165, 1.54) is 46.5 Å². The molecule has 2 aromatic carbocycles. The van der Waals surface area contributed by atoms with E-state index >= 15 is 0 Å². The van der Waals surface area contributed by atoms with Crippen molar-refractivity contribution in [3.63, 3.8) is 0 Å². The van der Waals surface area contributed by atoms with Crippen LogP contribution in [0, 0.1) is 20.8 Å². The Bertz CT molecular complexity index is 1410. The Balaban J connectivity index is 1.40. The fourth-order valence-electron chi connectivity index (χ4n) is 6.77. The van der Waals surface area contributed by atoms with Gasteiger partial charge in [-0.2, -0.15) is 0 Å². The summed E-state index contributed by atoms with van der Waals surface area (Å²) in [7, 11) is 2.23. The van der Waals surface area contributed by atoms with E-state index in [0.29, 0.717) is 19.1 Å². The number of hydrogen-bond acceptors (Lipinski definition) is 6. The Kier molecular flexibility index (Phi) is 10.7. The lowest BCUT2D eigenvalue weighted by molar-refractivity contribution is 0.0846. The van der Waals surface area contributed by atoms with E-state index in [9.17, 15) is 4.79 Å². The number of rotatable bonds is 10. The molecule has 2 N–H and O–H groups in total. The number of nitrogens with one attached hydrogen (secondary N) is 2. The van der Waals surface area contributed by atoms with Gasteiger partial charge in [-0.3, -0.25) is 9.69 Å². The summed E-state index contributed by atoms with van der Waals surface area (Å²) in [4.78, 5) is 23.2. The Labute approximate surface area is 258 Å². The standard InChI is InChI=1S/C36H51N5O2/c1-6-41(33-12-18-43-19-13-33)35-22-31(30-10-8-29(9-11-30)25-40-15-7-14-39(5)16-17-40)21-32(28(35)4)23-37-24-34-26(2)20-27(3)38-36(34)42/h8-11,20-22,33,37H,6-7,12-19,23-25H2,1-5H3,(H,38,42). The molecule has 2 saturated heterocycles. The molecular formula is C36H51N5O2. The van der Waals surface area contributed by atoms with Crippen LogP contribution in [0.5, 0.6) is 0 Å². The third-order valence-electron chi connectivity index (χ3n) is 9.39. The van der Waals surface area contributed by atoms with Crippen molar-refractivity contribution in [2.75, 3.05) is 57.9 Å². The van der Waals surface area contributed by atoms with E-state index in [1.54, 1.807) is 0 Å². The van der Waals surface area contributed by atoms with Gasteiger partial charge in [-0.05, 0) is 119 Å². The molecule has 1 aromatic heterocycles. The second-order valence-corrected chi connectivity index (χ2v) is 12.6. The highest BCUT2D eigenvalue weighted by molar-refractivity contribution is 5.73. The lowest BCUT2D eigenvalue weighted by Gasteiger charge is -2.37. The first-order chi connectivity index (χ1) is 20.8. The first-order valence-electron chi connectivity index (χ1n) is 16.2. The van der Waals surface area contributed by atoms with Gasteiger partial charge in [0.05, 0.1) is 0 Å². The van der Waals surface area contributed by atoms with Gasteiger partial charge >= 0.3 is 0 Å². The molecule has 0 unspecified atom stereocenters. The fraction of sp³-hybridized carbons (Fsp3) is 0.528. The van der Waals surface area contributed by atoms with Crippen LogP contribution < -0.4 is 15.8 Å². The zero-order chi connectivity index (χ0) is 30.3. The molecule has 2 aliphatic rings. The predicted molar refractivity (Wildman–Crippen MR) is 178 cm³/mol. The molecule has 0 aliphatic carbocycles. The van der Waals surface area contributed by atoms with Crippen LogP contribution in [0.25, 0.3) is 11.1 Å². The van der Waals surface area contributed by atoms with Crippen LogP contribution in [-0.2, 0) is 24.4 Å². The number of hydrogen-bond donors (Lipinski definition) is 2. The number of H-pyrrole nitrogens is 1. The second kappa shape index (κ2) is 14.7. The molecule has 5 rings (SSSR count). The first kappa shape index (κ1) is 31.5. The van der Waals surface area contributed by atoms with Crippen LogP contribution in [0.15, 0.2) is 47.3 Å². The fourth-order valence-corrected chi connectivity index (χ4v) is 6.77. The minimum atomic E-state index is 0.000114. The van der Waals surface area contributed by atoms with Crippen molar-refractivity contribution in [3.8, 4) is 11.1 Å². The SMILES string of the molecule is CCN(c1cc(-c2ccc(CN3CCCN(C)CC3)cc2)cc(CNCc2c(C)cc(C)[nH]c2=O)c1C)C1CCOCC1.